The Morgan fingerprint density at radius 1 is 1.47 bits per heavy atom. The largest absolute Gasteiger partial charge is 0.482 e. The zero-order valence-corrected chi connectivity index (χ0v) is 10.7. The van der Waals surface area contributed by atoms with E-state index in [-0.39, 0.29) is 6.09 Å². The third kappa shape index (κ3) is 2.23. The molecule has 0 bridgehead atoms. The van der Waals surface area contributed by atoms with Crippen LogP contribution in [0.5, 0.6) is 0 Å². The Morgan fingerprint density at radius 2 is 2.18 bits per heavy atom. The predicted octanol–water partition coefficient (Wildman–Crippen LogP) is 1.58. The molecule has 0 aromatic carbocycles. The SMILES string of the molecule is COC1=C(C2=CCN2C(=O)OC(C)(C)C)CN1. The van der Waals surface area contributed by atoms with Crippen molar-refractivity contribution >= 4 is 6.09 Å². The molecule has 5 nitrogen and oxygen atoms in total. The summed E-state index contributed by atoms with van der Waals surface area (Å²) in [7, 11) is 1.61. The van der Waals surface area contributed by atoms with Gasteiger partial charge in [-0.2, -0.15) is 0 Å². The third-order valence-corrected chi connectivity index (χ3v) is 2.59. The van der Waals surface area contributed by atoms with Gasteiger partial charge in [0.1, 0.15) is 5.60 Å². The molecule has 0 saturated carbocycles. The van der Waals surface area contributed by atoms with Crippen LogP contribution in [0.25, 0.3) is 0 Å². The van der Waals surface area contributed by atoms with Crippen LogP contribution in [-0.2, 0) is 9.47 Å². The van der Waals surface area contributed by atoms with Gasteiger partial charge < -0.3 is 14.8 Å². The number of carbonyl (C=O) groups excluding carboxylic acids is 1. The molecule has 0 radical (unpaired) electrons. The van der Waals surface area contributed by atoms with Crippen LogP contribution in [0, 0.1) is 0 Å². The first-order chi connectivity index (χ1) is 7.92. The second-order valence-corrected chi connectivity index (χ2v) is 5.05. The van der Waals surface area contributed by atoms with Crippen molar-refractivity contribution in [3.05, 3.63) is 23.2 Å². The number of amides is 1. The lowest BCUT2D eigenvalue weighted by Crippen LogP contribution is -2.45. The molecule has 2 heterocycles. The summed E-state index contributed by atoms with van der Waals surface area (Å²) >= 11 is 0. The summed E-state index contributed by atoms with van der Waals surface area (Å²) in [5.41, 5.74) is 1.47. The van der Waals surface area contributed by atoms with Crippen molar-refractivity contribution in [2.24, 2.45) is 0 Å². The molecule has 0 aliphatic carbocycles. The van der Waals surface area contributed by atoms with Crippen LogP contribution in [0.4, 0.5) is 4.79 Å². The molecular formula is C12H18N2O3. The fraction of sp³-hybridized carbons (Fsp3) is 0.583. The van der Waals surface area contributed by atoms with Gasteiger partial charge in [-0.15, -0.1) is 0 Å². The molecule has 1 N–H and O–H groups in total. The first kappa shape index (κ1) is 11.8. The van der Waals surface area contributed by atoms with E-state index in [1.165, 1.54) is 0 Å². The minimum Gasteiger partial charge on any atom is -0.482 e. The number of rotatable bonds is 2. The Labute approximate surface area is 101 Å². The summed E-state index contributed by atoms with van der Waals surface area (Å²) in [6, 6.07) is 0. The monoisotopic (exact) mass is 238 g/mol. The van der Waals surface area contributed by atoms with E-state index >= 15 is 0 Å². The molecule has 94 valence electrons. The van der Waals surface area contributed by atoms with Gasteiger partial charge in [-0.25, -0.2) is 4.79 Å². The van der Waals surface area contributed by atoms with Gasteiger partial charge in [0.2, 0.25) is 0 Å². The predicted molar refractivity (Wildman–Crippen MR) is 63.1 cm³/mol. The van der Waals surface area contributed by atoms with E-state index in [1.54, 1.807) is 12.0 Å². The Hall–Kier alpha value is -1.65. The summed E-state index contributed by atoms with van der Waals surface area (Å²) in [6.45, 7) is 6.91. The summed E-state index contributed by atoms with van der Waals surface area (Å²) in [6.07, 6.45) is 1.70. The van der Waals surface area contributed by atoms with Crippen molar-refractivity contribution < 1.29 is 14.3 Å². The smallest absolute Gasteiger partial charge is 0.415 e. The molecule has 0 saturated heterocycles. The lowest BCUT2D eigenvalue weighted by atomic mass is 10.0. The first-order valence-electron chi connectivity index (χ1n) is 5.64. The normalized spacial score (nSPS) is 18.8. The number of ether oxygens (including phenoxy) is 2. The van der Waals surface area contributed by atoms with Crippen LogP contribution in [0.2, 0.25) is 0 Å². The summed E-state index contributed by atoms with van der Waals surface area (Å²) in [5, 5.41) is 3.04. The summed E-state index contributed by atoms with van der Waals surface area (Å²) < 4.78 is 10.5. The van der Waals surface area contributed by atoms with E-state index in [9.17, 15) is 4.79 Å². The lowest BCUT2D eigenvalue weighted by Gasteiger charge is -2.37. The fourth-order valence-corrected chi connectivity index (χ4v) is 1.70. The second-order valence-electron chi connectivity index (χ2n) is 5.05. The van der Waals surface area contributed by atoms with Crippen molar-refractivity contribution in [3.63, 3.8) is 0 Å². The van der Waals surface area contributed by atoms with Gasteiger partial charge in [0.05, 0.1) is 24.9 Å². The molecule has 5 heteroatoms. The van der Waals surface area contributed by atoms with Gasteiger partial charge in [0, 0.05) is 6.54 Å². The number of methoxy groups -OCH3 is 1. The molecule has 0 fully saturated rings. The highest BCUT2D eigenvalue weighted by molar-refractivity contribution is 5.74. The molecule has 17 heavy (non-hydrogen) atoms. The van der Waals surface area contributed by atoms with Gasteiger partial charge in [-0.05, 0) is 26.8 Å². The van der Waals surface area contributed by atoms with Crippen molar-refractivity contribution in [2.45, 2.75) is 26.4 Å². The molecule has 0 spiro atoms. The molecule has 2 rings (SSSR count). The molecule has 0 aromatic rings. The number of nitrogens with one attached hydrogen (secondary N) is 1. The zero-order valence-electron chi connectivity index (χ0n) is 10.7. The maximum atomic E-state index is 11.9. The van der Waals surface area contributed by atoms with Crippen molar-refractivity contribution in [2.75, 3.05) is 20.2 Å². The van der Waals surface area contributed by atoms with Crippen molar-refractivity contribution in [1.82, 2.24) is 10.2 Å². The maximum Gasteiger partial charge on any atom is 0.415 e. The van der Waals surface area contributed by atoms with Gasteiger partial charge >= 0.3 is 6.09 Å². The van der Waals surface area contributed by atoms with Crippen LogP contribution >= 0.6 is 0 Å². The minimum absolute atomic E-state index is 0.301. The van der Waals surface area contributed by atoms with E-state index in [1.807, 2.05) is 26.8 Å². The number of carbonyl (C=O) groups is 1. The average Bonchev–Trinajstić information content (AvgIpc) is 2.07. The Balaban J connectivity index is 2.03. The van der Waals surface area contributed by atoms with Crippen LogP contribution in [0.15, 0.2) is 23.2 Å². The number of hydrogen-bond donors (Lipinski definition) is 1. The third-order valence-electron chi connectivity index (χ3n) is 2.59. The van der Waals surface area contributed by atoms with Crippen molar-refractivity contribution in [1.29, 1.82) is 0 Å². The van der Waals surface area contributed by atoms with Crippen LogP contribution in [0.3, 0.4) is 0 Å². The topological polar surface area (TPSA) is 50.8 Å². The molecule has 2 aliphatic heterocycles. The van der Waals surface area contributed by atoms with Gasteiger partial charge in [-0.1, -0.05) is 0 Å². The molecule has 0 unspecified atom stereocenters. The molecule has 1 amide bonds. The Morgan fingerprint density at radius 3 is 2.53 bits per heavy atom. The lowest BCUT2D eigenvalue weighted by molar-refractivity contribution is 0.0301. The summed E-state index contributed by atoms with van der Waals surface area (Å²) in [5.74, 6) is 0.740. The van der Waals surface area contributed by atoms with E-state index in [0.29, 0.717) is 6.54 Å². The Bertz CT molecular complexity index is 404. The van der Waals surface area contributed by atoms with Gasteiger partial charge in [0.25, 0.3) is 0 Å². The highest BCUT2D eigenvalue weighted by Crippen LogP contribution is 2.30. The zero-order chi connectivity index (χ0) is 12.6. The Kier molecular flexibility index (Phi) is 2.77. The minimum atomic E-state index is -0.464. The maximum absolute atomic E-state index is 11.9. The second kappa shape index (κ2) is 3.98. The van der Waals surface area contributed by atoms with E-state index in [4.69, 9.17) is 9.47 Å². The molecule has 0 aromatic heterocycles. The molecular weight excluding hydrogens is 220 g/mol. The van der Waals surface area contributed by atoms with E-state index < -0.39 is 5.60 Å². The first-order valence-corrected chi connectivity index (χ1v) is 5.64. The van der Waals surface area contributed by atoms with E-state index in [2.05, 4.69) is 5.32 Å². The highest BCUT2D eigenvalue weighted by Gasteiger charge is 2.34. The standard InChI is InChI=1S/C12H18N2O3/c1-12(2,3)17-11(15)14-6-5-9(14)8-7-13-10(8)16-4/h5,13H,6-7H2,1-4H3. The van der Waals surface area contributed by atoms with E-state index in [0.717, 1.165) is 23.7 Å². The van der Waals surface area contributed by atoms with Gasteiger partial charge in [-0.3, -0.25) is 4.90 Å². The quantitative estimate of drug-likeness (QED) is 0.793. The van der Waals surface area contributed by atoms with Crippen LogP contribution < -0.4 is 5.32 Å². The molecule has 0 atom stereocenters. The van der Waals surface area contributed by atoms with Crippen molar-refractivity contribution in [3.8, 4) is 0 Å². The molecule has 2 aliphatic rings. The average molecular weight is 238 g/mol. The van der Waals surface area contributed by atoms with Crippen LogP contribution in [0.1, 0.15) is 20.8 Å². The number of nitrogens with zero attached hydrogens (tertiary/aromatic N) is 1. The number of hydrogen-bond acceptors (Lipinski definition) is 4. The van der Waals surface area contributed by atoms with Crippen LogP contribution in [-0.4, -0.2) is 36.8 Å². The van der Waals surface area contributed by atoms with Gasteiger partial charge in [0.15, 0.2) is 5.88 Å². The highest BCUT2D eigenvalue weighted by atomic mass is 16.6. The fourth-order valence-electron chi connectivity index (χ4n) is 1.70. The summed E-state index contributed by atoms with van der Waals surface area (Å²) in [4.78, 5) is 13.5.